The summed E-state index contributed by atoms with van der Waals surface area (Å²) in [4.78, 5) is 0.427. The number of anilines is 1. The lowest BCUT2D eigenvalue weighted by atomic mass is 10.1. The summed E-state index contributed by atoms with van der Waals surface area (Å²) in [5, 5.41) is 3.41. The summed E-state index contributed by atoms with van der Waals surface area (Å²) in [6, 6.07) is 14.4. The van der Waals surface area contributed by atoms with Crippen molar-refractivity contribution in [3.05, 3.63) is 64.7 Å². The average Bonchev–Trinajstić information content (AvgIpc) is 2.38. The number of benzene rings is 2. The van der Waals surface area contributed by atoms with Gasteiger partial charge in [0, 0.05) is 17.8 Å². The normalized spacial score (nSPS) is 10.2. The maximum atomic E-state index is 5.77. The molecule has 0 amide bonds. The highest BCUT2D eigenvalue weighted by Crippen LogP contribution is 2.19. The van der Waals surface area contributed by atoms with Crippen LogP contribution in [0.4, 0.5) is 5.69 Å². The van der Waals surface area contributed by atoms with Crippen LogP contribution < -0.4 is 11.1 Å². The van der Waals surface area contributed by atoms with Crippen LogP contribution in [0.3, 0.4) is 0 Å². The molecule has 0 spiro atoms. The van der Waals surface area contributed by atoms with Gasteiger partial charge in [-0.15, -0.1) is 0 Å². The second kappa shape index (κ2) is 5.85. The summed E-state index contributed by atoms with van der Waals surface area (Å²) in [5.74, 6) is 0. The van der Waals surface area contributed by atoms with Crippen molar-refractivity contribution in [2.75, 3.05) is 5.32 Å². The highest BCUT2D eigenvalue weighted by atomic mass is 32.1. The fourth-order valence-corrected chi connectivity index (χ4v) is 2.18. The van der Waals surface area contributed by atoms with Crippen molar-refractivity contribution in [3.8, 4) is 0 Å². The summed E-state index contributed by atoms with van der Waals surface area (Å²) >= 11 is 5.10. The molecule has 0 atom stereocenters. The molecule has 0 unspecified atom stereocenters. The summed E-state index contributed by atoms with van der Waals surface area (Å²) in [7, 11) is 0. The van der Waals surface area contributed by atoms with Crippen LogP contribution in [-0.4, -0.2) is 4.99 Å². The van der Waals surface area contributed by atoms with Gasteiger partial charge >= 0.3 is 0 Å². The van der Waals surface area contributed by atoms with Crippen LogP contribution in [0.25, 0.3) is 0 Å². The Balaban J connectivity index is 2.20. The molecule has 98 valence electrons. The predicted octanol–water partition coefficient (Wildman–Crippen LogP) is 3.55. The van der Waals surface area contributed by atoms with Gasteiger partial charge in [-0.2, -0.15) is 0 Å². The van der Waals surface area contributed by atoms with Crippen LogP contribution >= 0.6 is 12.2 Å². The number of aryl methyl sites for hydroxylation is 2. The quantitative estimate of drug-likeness (QED) is 0.834. The zero-order valence-corrected chi connectivity index (χ0v) is 12.1. The van der Waals surface area contributed by atoms with Crippen LogP contribution in [0, 0.1) is 13.8 Å². The zero-order chi connectivity index (χ0) is 13.8. The third-order valence-corrected chi connectivity index (χ3v) is 3.39. The molecule has 2 nitrogen and oxygen atoms in total. The van der Waals surface area contributed by atoms with E-state index in [2.05, 4.69) is 30.4 Å². The molecule has 0 saturated carbocycles. The van der Waals surface area contributed by atoms with E-state index in [9.17, 15) is 0 Å². The molecule has 19 heavy (non-hydrogen) atoms. The average molecular weight is 270 g/mol. The Kier molecular flexibility index (Phi) is 4.17. The van der Waals surface area contributed by atoms with Crippen molar-refractivity contribution < 1.29 is 0 Å². The number of nitrogens with two attached hydrogens (primary N) is 1. The van der Waals surface area contributed by atoms with E-state index in [0.29, 0.717) is 4.99 Å². The van der Waals surface area contributed by atoms with Gasteiger partial charge in [-0.05, 0) is 37.1 Å². The Morgan fingerprint density at radius 3 is 2.58 bits per heavy atom. The molecule has 2 aromatic rings. The van der Waals surface area contributed by atoms with Crippen LogP contribution in [0.5, 0.6) is 0 Å². The summed E-state index contributed by atoms with van der Waals surface area (Å²) in [6.07, 6.45) is 0. The highest BCUT2D eigenvalue weighted by Gasteiger charge is 2.05. The number of thiocarbonyl (C=S) groups is 1. The van der Waals surface area contributed by atoms with Crippen LogP contribution in [-0.2, 0) is 6.54 Å². The van der Waals surface area contributed by atoms with Crippen LogP contribution in [0.2, 0.25) is 0 Å². The Morgan fingerprint density at radius 1 is 1.16 bits per heavy atom. The van der Waals surface area contributed by atoms with Crippen molar-refractivity contribution in [1.29, 1.82) is 0 Å². The van der Waals surface area contributed by atoms with E-state index >= 15 is 0 Å². The molecular formula is C16H18N2S. The Hall–Kier alpha value is -1.87. The van der Waals surface area contributed by atoms with Gasteiger partial charge in [0.2, 0.25) is 0 Å². The predicted molar refractivity (Wildman–Crippen MR) is 85.6 cm³/mol. The van der Waals surface area contributed by atoms with Gasteiger partial charge in [0.25, 0.3) is 0 Å². The number of hydrogen-bond acceptors (Lipinski definition) is 2. The molecule has 2 rings (SSSR count). The first-order chi connectivity index (χ1) is 9.08. The number of hydrogen-bond donors (Lipinski definition) is 2. The molecule has 0 fully saturated rings. The van der Waals surface area contributed by atoms with Gasteiger partial charge < -0.3 is 11.1 Å². The number of nitrogens with one attached hydrogen (secondary N) is 1. The van der Waals surface area contributed by atoms with Crippen LogP contribution in [0.1, 0.15) is 22.3 Å². The number of rotatable bonds is 4. The standard InChI is InChI=1S/C16H18N2S/c1-11-7-8-15(14(9-11)16(17)19)18-10-13-6-4-3-5-12(13)2/h3-9,18H,10H2,1-2H3,(H2,17,19). The monoisotopic (exact) mass is 270 g/mol. The van der Waals surface area contributed by atoms with Crippen molar-refractivity contribution in [3.63, 3.8) is 0 Å². The molecule has 0 aromatic heterocycles. The lowest BCUT2D eigenvalue weighted by Crippen LogP contribution is -2.13. The highest BCUT2D eigenvalue weighted by molar-refractivity contribution is 7.80. The second-order valence-corrected chi connectivity index (χ2v) is 5.13. The van der Waals surface area contributed by atoms with Gasteiger partial charge in [-0.1, -0.05) is 48.1 Å². The molecule has 0 saturated heterocycles. The van der Waals surface area contributed by atoms with Crippen molar-refractivity contribution in [1.82, 2.24) is 0 Å². The van der Waals surface area contributed by atoms with E-state index < -0.39 is 0 Å². The Bertz CT molecular complexity index is 605. The molecule has 0 heterocycles. The van der Waals surface area contributed by atoms with Crippen molar-refractivity contribution in [2.24, 2.45) is 5.73 Å². The molecule has 2 aromatic carbocycles. The third kappa shape index (κ3) is 3.32. The van der Waals surface area contributed by atoms with Gasteiger partial charge in [-0.25, -0.2) is 0 Å². The van der Waals surface area contributed by atoms with Crippen molar-refractivity contribution >= 4 is 22.9 Å². The lowest BCUT2D eigenvalue weighted by molar-refractivity contribution is 1.12. The first kappa shape index (κ1) is 13.6. The molecule has 0 aliphatic heterocycles. The third-order valence-electron chi connectivity index (χ3n) is 3.17. The summed E-state index contributed by atoms with van der Waals surface area (Å²) in [5.41, 5.74) is 11.4. The van der Waals surface area contributed by atoms with E-state index in [4.69, 9.17) is 18.0 Å². The molecule has 0 bridgehead atoms. The zero-order valence-electron chi connectivity index (χ0n) is 11.2. The van der Waals surface area contributed by atoms with Crippen molar-refractivity contribution in [2.45, 2.75) is 20.4 Å². The minimum atomic E-state index is 0.427. The van der Waals surface area contributed by atoms with E-state index in [0.717, 1.165) is 23.4 Å². The molecular weight excluding hydrogens is 252 g/mol. The van der Waals surface area contributed by atoms with Gasteiger partial charge in [0.05, 0.1) is 0 Å². The van der Waals surface area contributed by atoms with E-state index in [1.54, 1.807) is 0 Å². The SMILES string of the molecule is Cc1ccc(NCc2ccccc2C)c(C(N)=S)c1. The largest absolute Gasteiger partial charge is 0.389 e. The summed E-state index contributed by atoms with van der Waals surface area (Å²) in [6.45, 7) is 4.92. The first-order valence-electron chi connectivity index (χ1n) is 6.27. The lowest BCUT2D eigenvalue weighted by Gasteiger charge is -2.13. The van der Waals surface area contributed by atoms with E-state index in [1.807, 2.05) is 31.2 Å². The minimum absolute atomic E-state index is 0.427. The fourth-order valence-electron chi connectivity index (χ4n) is 2.01. The van der Waals surface area contributed by atoms with Gasteiger partial charge in [0.15, 0.2) is 0 Å². The van der Waals surface area contributed by atoms with E-state index in [-0.39, 0.29) is 0 Å². The smallest absolute Gasteiger partial charge is 0.106 e. The molecule has 0 aliphatic rings. The van der Waals surface area contributed by atoms with Gasteiger partial charge in [-0.3, -0.25) is 0 Å². The molecule has 3 N–H and O–H groups in total. The Labute approximate surface area is 119 Å². The topological polar surface area (TPSA) is 38.0 Å². The fraction of sp³-hybridized carbons (Fsp3) is 0.188. The van der Waals surface area contributed by atoms with E-state index in [1.165, 1.54) is 11.1 Å². The van der Waals surface area contributed by atoms with Crippen LogP contribution in [0.15, 0.2) is 42.5 Å². The maximum Gasteiger partial charge on any atom is 0.106 e. The Morgan fingerprint density at radius 2 is 1.89 bits per heavy atom. The second-order valence-electron chi connectivity index (χ2n) is 4.69. The minimum Gasteiger partial charge on any atom is -0.389 e. The molecule has 0 radical (unpaired) electrons. The summed E-state index contributed by atoms with van der Waals surface area (Å²) < 4.78 is 0. The van der Waals surface area contributed by atoms with Gasteiger partial charge in [0.1, 0.15) is 4.99 Å². The molecule has 0 aliphatic carbocycles. The molecule has 3 heteroatoms. The first-order valence-corrected chi connectivity index (χ1v) is 6.67. The maximum absolute atomic E-state index is 5.77.